The lowest BCUT2D eigenvalue weighted by Crippen LogP contribution is -2.26. The zero-order chi connectivity index (χ0) is 16.8. The maximum Gasteiger partial charge on any atom is 0.337 e. The second-order valence-electron chi connectivity index (χ2n) is 6.46. The van der Waals surface area contributed by atoms with Gasteiger partial charge in [-0.3, -0.25) is 0 Å². The van der Waals surface area contributed by atoms with Gasteiger partial charge in [-0.05, 0) is 55.2 Å². The van der Waals surface area contributed by atoms with Crippen LogP contribution in [-0.4, -0.2) is 16.1 Å². The van der Waals surface area contributed by atoms with Gasteiger partial charge in [0.25, 0.3) is 0 Å². The summed E-state index contributed by atoms with van der Waals surface area (Å²) in [6.45, 7) is 0. The molecule has 0 saturated heterocycles. The number of pyridine rings is 1. The number of hydrogen-bond acceptors (Lipinski definition) is 3. The summed E-state index contributed by atoms with van der Waals surface area (Å²) in [7, 11) is 0. The fraction of sp³-hybridized carbons (Fsp3) is 0.333. The minimum absolute atomic E-state index is 0.240. The number of aromatic nitrogens is 1. The molecule has 0 aliphatic heterocycles. The highest BCUT2D eigenvalue weighted by molar-refractivity contribution is 5.91. The number of nitrogens with one attached hydrogen (secondary N) is 1. The summed E-state index contributed by atoms with van der Waals surface area (Å²) >= 11 is 0. The normalized spacial score (nSPS) is 21.4. The molecule has 1 aromatic carbocycles. The first-order valence-corrected chi connectivity index (χ1v) is 8.02. The number of rotatable bonds is 3. The Morgan fingerprint density at radius 1 is 1.08 bits per heavy atom. The Kier molecular flexibility index (Phi) is 3.48. The molecule has 1 heterocycles. The Morgan fingerprint density at radius 3 is 2.38 bits per heavy atom. The Hall–Kier alpha value is -2.50. The maximum atomic E-state index is 13.4. The average Bonchev–Trinajstić information content (AvgIpc) is 2.59. The minimum Gasteiger partial charge on any atom is -0.478 e. The van der Waals surface area contributed by atoms with E-state index < -0.39 is 17.6 Å². The molecule has 2 N–H and O–H groups in total. The number of fused-ring (bicyclic) bond motifs is 2. The molecule has 2 bridgehead atoms. The van der Waals surface area contributed by atoms with Crippen molar-refractivity contribution < 1.29 is 18.7 Å². The largest absolute Gasteiger partial charge is 0.478 e. The van der Waals surface area contributed by atoms with Crippen LogP contribution in [0.1, 0.15) is 59.0 Å². The topological polar surface area (TPSA) is 62.2 Å². The molecule has 6 heteroatoms. The van der Waals surface area contributed by atoms with Crippen LogP contribution in [0.4, 0.5) is 20.3 Å². The third-order valence-electron chi connectivity index (χ3n) is 5.11. The number of carboxylic acids is 1. The van der Waals surface area contributed by atoms with Gasteiger partial charge in [0.15, 0.2) is 11.6 Å². The second kappa shape index (κ2) is 5.54. The number of nitrogens with zero attached hydrogens (tertiary/aromatic N) is 1. The van der Waals surface area contributed by atoms with Gasteiger partial charge in [-0.1, -0.05) is 0 Å². The fourth-order valence-electron chi connectivity index (χ4n) is 4.05. The summed E-state index contributed by atoms with van der Waals surface area (Å²) in [5.74, 6) is -1.75. The van der Waals surface area contributed by atoms with Gasteiger partial charge in [-0.25, -0.2) is 18.6 Å². The number of anilines is 2. The lowest BCUT2D eigenvalue weighted by atomic mass is 9.66. The molecule has 1 saturated carbocycles. The van der Waals surface area contributed by atoms with E-state index in [9.17, 15) is 18.7 Å². The van der Waals surface area contributed by atoms with E-state index in [2.05, 4.69) is 10.3 Å². The summed E-state index contributed by atoms with van der Waals surface area (Å²) in [5, 5.41) is 12.5. The van der Waals surface area contributed by atoms with Crippen molar-refractivity contribution in [1.29, 1.82) is 0 Å². The van der Waals surface area contributed by atoms with Crippen LogP contribution in [0.3, 0.4) is 0 Å². The van der Waals surface area contributed by atoms with Gasteiger partial charge in [-0.15, -0.1) is 0 Å². The molecule has 1 aromatic heterocycles. The third kappa shape index (κ3) is 2.33. The van der Waals surface area contributed by atoms with Gasteiger partial charge >= 0.3 is 5.97 Å². The van der Waals surface area contributed by atoms with Gasteiger partial charge in [-0.2, -0.15) is 0 Å². The molecule has 0 atom stereocenters. The lowest BCUT2D eigenvalue weighted by molar-refractivity contribution is 0.0693. The van der Waals surface area contributed by atoms with Crippen LogP contribution in [-0.2, 0) is 0 Å². The molecule has 2 aromatic rings. The Balaban J connectivity index is 1.81. The minimum atomic E-state index is -0.967. The van der Waals surface area contributed by atoms with Crippen molar-refractivity contribution in [1.82, 2.24) is 4.98 Å². The van der Waals surface area contributed by atoms with E-state index >= 15 is 0 Å². The van der Waals surface area contributed by atoms with Gasteiger partial charge < -0.3 is 10.4 Å². The van der Waals surface area contributed by atoms with Crippen LogP contribution in [0.15, 0.2) is 24.4 Å². The number of benzene rings is 1. The lowest BCUT2D eigenvalue weighted by Gasteiger charge is -2.39. The molecule has 4 nitrogen and oxygen atoms in total. The quantitative estimate of drug-likeness (QED) is 0.866. The molecule has 24 heavy (non-hydrogen) atoms. The molecule has 3 aliphatic carbocycles. The van der Waals surface area contributed by atoms with E-state index in [4.69, 9.17) is 0 Å². The summed E-state index contributed by atoms with van der Waals surface area (Å²) in [6.07, 6.45) is 5.37. The first kappa shape index (κ1) is 15.1. The monoisotopic (exact) mass is 330 g/mol. The highest BCUT2D eigenvalue weighted by Crippen LogP contribution is 2.52. The van der Waals surface area contributed by atoms with Crippen LogP contribution < -0.4 is 5.32 Å². The molecular weight excluding hydrogens is 314 g/mol. The molecule has 0 unspecified atom stereocenters. The number of hydrogen-bond donors (Lipinski definition) is 2. The maximum absolute atomic E-state index is 13.4. The van der Waals surface area contributed by atoms with Crippen LogP contribution in [0.25, 0.3) is 0 Å². The Labute approximate surface area is 137 Å². The van der Waals surface area contributed by atoms with Gasteiger partial charge in [0, 0.05) is 23.5 Å². The summed E-state index contributed by atoms with van der Waals surface area (Å²) in [5.41, 5.74) is 2.45. The third-order valence-corrected chi connectivity index (χ3v) is 5.11. The van der Waals surface area contributed by atoms with Crippen molar-refractivity contribution in [2.45, 2.75) is 37.5 Å². The van der Waals surface area contributed by atoms with E-state index in [1.807, 2.05) is 0 Å². The molecule has 0 radical (unpaired) electrons. The van der Waals surface area contributed by atoms with Crippen LogP contribution in [0, 0.1) is 11.6 Å². The molecule has 124 valence electrons. The molecule has 0 amide bonds. The van der Waals surface area contributed by atoms with E-state index in [1.165, 1.54) is 12.3 Å². The average molecular weight is 330 g/mol. The number of carbonyl (C=O) groups is 1. The van der Waals surface area contributed by atoms with Crippen LogP contribution in [0.2, 0.25) is 0 Å². The molecule has 3 aliphatic rings. The number of halogens is 2. The van der Waals surface area contributed by atoms with Crippen molar-refractivity contribution in [2.75, 3.05) is 5.32 Å². The molecule has 1 fully saturated rings. The van der Waals surface area contributed by atoms with Crippen molar-refractivity contribution in [3.05, 3.63) is 52.7 Å². The van der Waals surface area contributed by atoms with Gasteiger partial charge in [0.05, 0.1) is 5.56 Å². The molecule has 5 rings (SSSR count). The van der Waals surface area contributed by atoms with Gasteiger partial charge in [0.1, 0.15) is 5.82 Å². The van der Waals surface area contributed by atoms with Crippen molar-refractivity contribution in [2.24, 2.45) is 0 Å². The van der Waals surface area contributed by atoms with Crippen LogP contribution >= 0.6 is 0 Å². The standard InChI is InChI=1S/C18H16F2N2O2/c19-13-6-5-11(7-14(13)20)22-17-16-10-3-1-9(2-4-10)15(16)12(8-21-17)18(23)24/h5-10H,1-4H2,(H,21,22)(H,23,24). The molecule has 0 spiro atoms. The highest BCUT2D eigenvalue weighted by Gasteiger charge is 2.38. The van der Waals surface area contributed by atoms with Crippen molar-refractivity contribution in [3.8, 4) is 0 Å². The SMILES string of the molecule is O=C(O)c1cnc(Nc2ccc(F)c(F)c2)c2c1C1CCC2CC1. The second-order valence-corrected chi connectivity index (χ2v) is 6.46. The van der Waals surface area contributed by atoms with Crippen molar-refractivity contribution in [3.63, 3.8) is 0 Å². The number of aromatic carboxylic acids is 1. The zero-order valence-corrected chi connectivity index (χ0v) is 12.9. The van der Waals surface area contributed by atoms with Gasteiger partial charge in [0.2, 0.25) is 0 Å². The predicted molar refractivity (Wildman–Crippen MR) is 84.8 cm³/mol. The first-order valence-electron chi connectivity index (χ1n) is 8.02. The first-order chi connectivity index (χ1) is 11.5. The van der Waals surface area contributed by atoms with E-state index in [0.29, 0.717) is 11.5 Å². The van der Waals surface area contributed by atoms with E-state index in [1.54, 1.807) is 0 Å². The smallest absolute Gasteiger partial charge is 0.337 e. The van der Waals surface area contributed by atoms with Crippen LogP contribution in [0.5, 0.6) is 0 Å². The molecular formula is C18H16F2N2O2. The summed E-state index contributed by atoms with van der Waals surface area (Å²) in [6, 6.07) is 3.58. The summed E-state index contributed by atoms with van der Waals surface area (Å²) < 4.78 is 26.5. The Morgan fingerprint density at radius 2 is 1.75 bits per heavy atom. The van der Waals surface area contributed by atoms with E-state index in [0.717, 1.165) is 48.9 Å². The zero-order valence-electron chi connectivity index (χ0n) is 12.9. The van der Waals surface area contributed by atoms with E-state index in [-0.39, 0.29) is 17.4 Å². The summed E-state index contributed by atoms with van der Waals surface area (Å²) in [4.78, 5) is 15.8. The highest BCUT2D eigenvalue weighted by atomic mass is 19.2. The van der Waals surface area contributed by atoms with Crippen molar-refractivity contribution >= 4 is 17.5 Å². The fourth-order valence-corrected chi connectivity index (χ4v) is 4.05. The Bertz CT molecular complexity index is 830. The number of carboxylic acid groups (broad SMARTS) is 1. The predicted octanol–water partition coefficient (Wildman–Crippen LogP) is 4.56.